The number of hydrogen-bond acceptors (Lipinski definition) is 4. The number of hydrogen-bond donors (Lipinski definition) is 2. The molecule has 29 heavy (non-hydrogen) atoms. The lowest BCUT2D eigenvalue weighted by Crippen LogP contribution is -2.47. The summed E-state index contributed by atoms with van der Waals surface area (Å²) in [6.07, 6.45) is 3.51. The molecule has 1 aliphatic rings. The van der Waals surface area contributed by atoms with Crippen LogP contribution in [0.2, 0.25) is 5.02 Å². The number of nitrogens with zero attached hydrogens (tertiary/aromatic N) is 3. The van der Waals surface area contributed by atoms with E-state index in [1.54, 1.807) is 6.20 Å². The number of carbonyl (C=O) groups is 1. The topological polar surface area (TPSA) is 48.5 Å². The van der Waals surface area contributed by atoms with Crippen molar-refractivity contribution in [3.05, 3.63) is 64.2 Å². The third kappa shape index (κ3) is 4.32. The minimum atomic E-state index is -0.222. The Morgan fingerprint density at radius 3 is 2.69 bits per heavy atom. The molecule has 8 heteroatoms. The Bertz CT molecular complexity index is 1040. The number of thiol groups is 1. The fourth-order valence-corrected chi connectivity index (χ4v) is 4.69. The SMILES string of the molecule is O=C(NC1CCN(c2ccnc3c(Cl)cccc23)CC1)N(S)c1ccccc1Br. The number of para-hydroxylation sites is 2. The monoisotopic (exact) mass is 490 g/mol. The second-order valence-electron chi connectivity index (χ2n) is 6.94. The van der Waals surface area contributed by atoms with E-state index in [2.05, 4.69) is 43.9 Å². The van der Waals surface area contributed by atoms with E-state index in [0.717, 1.165) is 47.0 Å². The average Bonchev–Trinajstić information content (AvgIpc) is 2.74. The molecule has 1 N–H and O–H groups in total. The van der Waals surface area contributed by atoms with Crippen LogP contribution in [0.3, 0.4) is 0 Å². The maximum atomic E-state index is 12.6. The van der Waals surface area contributed by atoms with Crippen molar-refractivity contribution in [3.63, 3.8) is 0 Å². The Morgan fingerprint density at radius 1 is 1.17 bits per heavy atom. The van der Waals surface area contributed by atoms with E-state index in [4.69, 9.17) is 11.6 Å². The van der Waals surface area contributed by atoms with Gasteiger partial charge in [0.05, 0.1) is 16.2 Å². The summed E-state index contributed by atoms with van der Waals surface area (Å²) in [6.45, 7) is 1.69. The van der Waals surface area contributed by atoms with Crippen molar-refractivity contribution >= 4 is 68.7 Å². The number of amides is 2. The first kappa shape index (κ1) is 20.3. The third-order valence-corrected chi connectivity index (χ3v) is 6.51. The summed E-state index contributed by atoms with van der Waals surface area (Å²) in [5, 5.41) is 4.81. The van der Waals surface area contributed by atoms with Crippen molar-refractivity contribution in [3.8, 4) is 0 Å². The van der Waals surface area contributed by atoms with Gasteiger partial charge in [-0.3, -0.25) is 4.98 Å². The highest BCUT2D eigenvalue weighted by molar-refractivity contribution is 9.10. The van der Waals surface area contributed by atoms with Crippen molar-refractivity contribution in [2.75, 3.05) is 22.3 Å². The molecule has 150 valence electrons. The first-order valence-corrected chi connectivity index (χ1v) is 10.9. The molecule has 2 aromatic carbocycles. The molecule has 1 saturated heterocycles. The third-order valence-electron chi connectivity index (χ3n) is 5.14. The first-order valence-electron chi connectivity index (χ1n) is 9.37. The van der Waals surface area contributed by atoms with Crippen LogP contribution in [0.4, 0.5) is 16.2 Å². The molecule has 0 spiro atoms. The van der Waals surface area contributed by atoms with Crippen LogP contribution in [0.5, 0.6) is 0 Å². The second kappa shape index (κ2) is 8.81. The summed E-state index contributed by atoms with van der Waals surface area (Å²) in [4.78, 5) is 19.3. The van der Waals surface area contributed by atoms with E-state index in [1.165, 1.54) is 4.31 Å². The number of piperidine rings is 1. The lowest BCUT2D eigenvalue weighted by molar-refractivity contribution is 0.243. The van der Waals surface area contributed by atoms with E-state index in [1.807, 2.05) is 48.5 Å². The quantitative estimate of drug-likeness (QED) is 0.463. The van der Waals surface area contributed by atoms with Gasteiger partial charge in [-0.25, -0.2) is 9.10 Å². The Labute approximate surface area is 188 Å². The lowest BCUT2D eigenvalue weighted by Gasteiger charge is -2.35. The number of benzene rings is 2. The number of pyridine rings is 1. The average molecular weight is 492 g/mol. The van der Waals surface area contributed by atoms with Gasteiger partial charge in [0.2, 0.25) is 0 Å². The number of urea groups is 1. The highest BCUT2D eigenvalue weighted by Crippen LogP contribution is 2.31. The predicted molar refractivity (Wildman–Crippen MR) is 126 cm³/mol. The summed E-state index contributed by atoms with van der Waals surface area (Å²) in [7, 11) is 0. The zero-order valence-electron chi connectivity index (χ0n) is 15.6. The van der Waals surface area contributed by atoms with Crippen LogP contribution in [-0.4, -0.2) is 30.1 Å². The standard InChI is InChI=1S/C21H20BrClN4OS/c22-16-5-1-2-7-19(16)27(29)21(28)25-14-9-12-26(13-10-14)18-8-11-24-20-15(18)4-3-6-17(20)23/h1-8,11,14,29H,9-10,12-13H2,(H,25,28). The maximum Gasteiger partial charge on any atom is 0.332 e. The Kier molecular flexibility index (Phi) is 6.18. The van der Waals surface area contributed by atoms with E-state index >= 15 is 0 Å². The minimum Gasteiger partial charge on any atom is -0.371 e. The number of rotatable bonds is 3. The minimum absolute atomic E-state index is 0.104. The Hall–Kier alpha value is -1.96. The second-order valence-corrected chi connectivity index (χ2v) is 8.60. The van der Waals surface area contributed by atoms with Gasteiger partial charge in [0.1, 0.15) is 0 Å². The number of fused-ring (bicyclic) bond motifs is 1. The van der Waals surface area contributed by atoms with Crippen LogP contribution in [0.15, 0.2) is 59.2 Å². The number of halogens is 2. The first-order chi connectivity index (χ1) is 14.0. The molecule has 0 atom stereocenters. The Morgan fingerprint density at radius 2 is 1.93 bits per heavy atom. The van der Waals surface area contributed by atoms with Gasteiger partial charge in [-0.15, -0.1) is 0 Å². The lowest BCUT2D eigenvalue weighted by atomic mass is 10.0. The van der Waals surface area contributed by atoms with Crippen molar-refractivity contribution in [2.24, 2.45) is 0 Å². The summed E-state index contributed by atoms with van der Waals surface area (Å²) in [5.41, 5.74) is 2.67. The molecule has 2 amide bonds. The van der Waals surface area contributed by atoms with Crippen LogP contribution in [-0.2, 0) is 0 Å². The smallest absolute Gasteiger partial charge is 0.332 e. The fourth-order valence-electron chi connectivity index (χ4n) is 3.63. The van der Waals surface area contributed by atoms with Crippen molar-refractivity contribution < 1.29 is 4.79 Å². The van der Waals surface area contributed by atoms with Crippen molar-refractivity contribution in [1.29, 1.82) is 0 Å². The largest absolute Gasteiger partial charge is 0.371 e. The van der Waals surface area contributed by atoms with Crippen LogP contribution >= 0.6 is 40.3 Å². The van der Waals surface area contributed by atoms with Crippen molar-refractivity contribution in [2.45, 2.75) is 18.9 Å². The van der Waals surface area contributed by atoms with Gasteiger partial charge in [-0.05, 0) is 53.0 Å². The van der Waals surface area contributed by atoms with Gasteiger partial charge in [-0.1, -0.05) is 48.7 Å². The van der Waals surface area contributed by atoms with Gasteiger partial charge in [0, 0.05) is 40.9 Å². The highest BCUT2D eigenvalue weighted by atomic mass is 79.9. The summed E-state index contributed by atoms with van der Waals surface area (Å²) < 4.78 is 2.16. The van der Waals surface area contributed by atoms with Gasteiger partial charge in [0.15, 0.2) is 0 Å². The van der Waals surface area contributed by atoms with Gasteiger partial charge < -0.3 is 10.2 Å². The van der Waals surface area contributed by atoms with Crippen molar-refractivity contribution in [1.82, 2.24) is 10.3 Å². The summed E-state index contributed by atoms with van der Waals surface area (Å²) >= 11 is 14.1. The van der Waals surface area contributed by atoms with E-state index in [0.29, 0.717) is 10.7 Å². The molecule has 2 heterocycles. The predicted octanol–water partition coefficient (Wildman–Crippen LogP) is 5.68. The molecule has 3 aromatic rings. The summed E-state index contributed by atoms with van der Waals surface area (Å²) in [5.74, 6) is 0. The summed E-state index contributed by atoms with van der Waals surface area (Å²) in [6, 6.07) is 15.3. The molecule has 0 bridgehead atoms. The molecule has 0 aliphatic carbocycles. The van der Waals surface area contributed by atoms with Gasteiger partial charge in [0.25, 0.3) is 0 Å². The molecule has 0 radical (unpaired) electrons. The zero-order chi connectivity index (χ0) is 20.4. The van der Waals surface area contributed by atoms with E-state index in [9.17, 15) is 4.79 Å². The Balaban J connectivity index is 1.41. The van der Waals surface area contributed by atoms with Crippen LogP contribution < -0.4 is 14.5 Å². The molecule has 4 rings (SSSR count). The molecule has 5 nitrogen and oxygen atoms in total. The van der Waals surface area contributed by atoms with Crippen LogP contribution in [0.25, 0.3) is 10.9 Å². The zero-order valence-corrected chi connectivity index (χ0v) is 18.8. The molecule has 1 aliphatic heterocycles. The maximum absolute atomic E-state index is 12.6. The molecule has 1 aromatic heterocycles. The number of anilines is 2. The fraction of sp³-hybridized carbons (Fsp3) is 0.238. The highest BCUT2D eigenvalue weighted by Gasteiger charge is 2.24. The molecular weight excluding hydrogens is 472 g/mol. The van der Waals surface area contributed by atoms with Gasteiger partial charge in [-0.2, -0.15) is 0 Å². The normalized spacial score (nSPS) is 14.8. The van der Waals surface area contributed by atoms with Crippen LogP contribution in [0, 0.1) is 0 Å². The van der Waals surface area contributed by atoms with Gasteiger partial charge >= 0.3 is 6.03 Å². The molecular formula is C21H20BrClN4OS. The number of nitrogens with one attached hydrogen (secondary N) is 1. The van der Waals surface area contributed by atoms with E-state index in [-0.39, 0.29) is 12.1 Å². The van der Waals surface area contributed by atoms with Crippen LogP contribution in [0.1, 0.15) is 12.8 Å². The molecule has 0 unspecified atom stereocenters. The number of aromatic nitrogens is 1. The molecule has 1 fully saturated rings. The van der Waals surface area contributed by atoms with E-state index < -0.39 is 0 Å². The molecule has 0 saturated carbocycles. The number of carbonyl (C=O) groups excluding carboxylic acids is 1.